The second-order valence-electron chi connectivity index (χ2n) is 26.6. The highest BCUT2D eigenvalue weighted by Crippen LogP contribution is 2.38. The van der Waals surface area contributed by atoms with Crippen LogP contribution >= 0.6 is 7.82 Å². The molecule has 0 aromatic heterocycles. The van der Waals surface area contributed by atoms with E-state index in [2.05, 4.69) is 135 Å². The van der Waals surface area contributed by atoms with Gasteiger partial charge in [-0.25, -0.2) is 0 Å². The molecule has 0 radical (unpaired) electrons. The smallest absolute Gasteiger partial charge is 0.306 e. The van der Waals surface area contributed by atoms with E-state index in [-0.39, 0.29) is 32.0 Å². The van der Waals surface area contributed by atoms with Gasteiger partial charge < -0.3 is 27.9 Å². The van der Waals surface area contributed by atoms with Crippen LogP contribution in [0.5, 0.6) is 0 Å². The summed E-state index contributed by atoms with van der Waals surface area (Å²) in [6, 6.07) is 0. The molecule has 0 aromatic carbocycles. The standard InChI is InChI=1S/C82H144NO8P/c1-6-8-10-12-14-16-18-20-22-24-26-28-30-32-34-36-38-39-40-41-42-43-45-47-49-51-53-55-57-59-61-63-65-67-69-71-73-75-82(85)91-80(79-90-92(86,87)89-77-76-83(3,4)5)78-88-81(84)74-72-70-68-66-64-62-60-58-56-54-52-50-48-46-44-37-35-33-31-29-27-25-23-21-19-17-15-13-11-9-7-2/h8-11,14-17,20-23,26-29,32-35,80H,6-7,12-13,18-19,24-25,30-31,36-79H2,1-5H3/b10-8-,11-9-,16-14-,17-15-,22-20-,23-21-,28-26-,29-27-,34-32-,35-33-. The third-order valence-corrected chi connectivity index (χ3v) is 17.4. The Hall–Kier alpha value is -3.59. The van der Waals surface area contributed by atoms with E-state index in [4.69, 9.17) is 18.5 Å². The summed E-state index contributed by atoms with van der Waals surface area (Å²) in [6.07, 6.45) is 103. The van der Waals surface area contributed by atoms with E-state index < -0.39 is 26.5 Å². The van der Waals surface area contributed by atoms with Crippen molar-refractivity contribution in [3.8, 4) is 0 Å². The minimum absolute atomic E-state index is 0.0328. The second-order valence-corrected chi connectivity index (χ2v) is 28.0. The summed E-state index contributed by atoms with van der Waals surface area (Å²) in [5, 5.41) is 0. The molecule has 0 heterocycles. The third kappa shape index (κ3) is 75.4. The number of phosphoric ester groups is 1. The number of hydrogen-bond acceptors (Lipinski definition) is 8. The highest BCUT2D eigenvalue weighted by Gasteiger charge is 2.22. The van der Waals surface area contributed by atoms with Crippen LogP contribution in [0.3, 0.4) is 0 Å². The van der Waals surface area contributed by atoms with E-state index in [0.717, 1.165) is 103 Å². The number of ether oxygens (including phenoxy) is 2. The molecule has 530 valence electrons. The molecule has 0 rings (SSSR count). The molecule has 0 bridgehead atoms. The SMILES string of the molecule is CC/C=C\C/C=C\C/C=C\C/C=C\C/C=C\CCCCCCCCCCCCCCCCCCCCCCCC(=O)OC(COC(=O)CCCCCCCCCCCCCCCCC/C=C\C/C=C\C/C=C\C/C=C\C/C=C\CC)COP(=O)([O-])OCC[N+](C)(C)C. The van der Waals surface area contributed by atoms with E-state index in [0.29, 0.717) is 17.4 Å². The summed E-state index contributed by atoms with van der Waals surface area (Å²) < 4.78 is 34.4. The number of carbonyl (C=O) groups excluding carboxylic acids is 2. The van der Waals surface area contributed by atoms with Crippen molar-refractivity contribution in [2.75, 3.05) is 47.5 Å². The van der Waals surface area contributed by atoms with Gasteiger partial charge in [-0.05, 0) is 103 Å². The lowest BCUT2D eigenvalue weighted by atomic mass is 10.0. The van der Waals surface area contributed by atoms with Crippen molar-refractivity contribution in [1.82, 2.24) is 0 Å². The Bertz CT molecular complexity index is 1970. The molecule has 9 nitrogen and oxygen atoms in total. The Morgan fingerprint density at radius 2 is 0.587 bits per heavy atom. The zero-order chi connectivity index (χ0) is 66.9. The number of hydrogen-bond donors (Lipinski definition) is 0. The predicted octanol–water partition coefficient (Wildman–Crippen LogP) is 24.8. The van der Waals surface area contributed by atoms with Gasteiger partial charge in [0, 0.05) is 12.8 Å². The van der Waals surface area contributed by atoms with Crippen molar-refractivity contribution in [3.05, 3.63) is 122 Å². The maximum Gasteiger partial charge on any atom is 0.306 e. The van der Waals surface area contributed by atoms with Crippen LogP contribution in [0.4, 0.5) is 0 Å². The zero-order valence-electron chi connectivity index (χ0n) is 60.5. The van der Waals surface area contributed by atoms with Gasteiger partial charge in [-0.2, -0.15) is 0 Å². The van der Waals surface area contributed by atoms with Crippen LogP contribution in [0.25, 0.3) is 0 Å². The first-order chi connectivity index (χ1) is 45.0. The van der Waals surface area contributed by atoms with Gasteiger partial charge in [-0.3, -0.25) is 14.2 Å². The molecular formula is C82H144NO8P. The molecule has 0 aliphatic heterocycles. The number of quaternary nitrogens is 1. The van der Waals surface area contributed by atoms with E-state index in [1.807, 2.05) is 21.1 Å². The minimum atomic E-state index is -4.65. The largest absolute Gasteiger partial charge is 0.756 e. The summed E-state index contributed by atoms with van der Waals surface area (Å²) in [5.41, 5.74) is 0. The number of nitrogens with zero attached hydrogens (tertiary/aromatic N) is 1. The van der Waals surface area contributed by atoms with Gasteiger partial charge in [-0.15, -0.1) is 0 Å². The van der Waals surface area contributed by atoms with E-state index >= 15 is 0 Å². The number of unbranched alkanes of at least 4 members (excludes halogenated alkanes) is 36. The topological polar surface area (TPSA) is 111 Å². The lowest BCUT2D eigenvalue weighted by molar-refractivity contribution is -0.870. The molecule has 0 fully saturated rings. The third-order valence-electron chi connectivity index (χ3n) is 16.5. The highest BCUT2D eigenvalue weighted by molar-refractivity contribution is 7.45. The van der Waals surface area contributed by atoms with E-state index in [9.17, 15) is 19.0 Å². The summed E-state index contributed by atoms with van der Waals surface area (Å²) in [4.78, 5) is 38.2. The van der Waals surface area contributed by atoms with Gasteiger partial charge >= 0.3 is 11.9 Å². The quantitative estimate of drug-likeness (QED) is 0.0195. The average Bonchev–Trinajstić information content (AvgIpc) is 2.34. The Morgan fingerprint density at radius 3 is 0.870 bits per heavy atom. The molecule has 0 aliphatic carbocycles. The number of rotatable bonds is 70. The van der Waals surface area contributed by atoms with Crippen molar-refractivity contribution in [1.29, 1.82) is 0 Å². The first kappa shape index (κ1) is 88.4. The van der Waals surface area contributed by atoms with Crippen LogP contribution in [0.1, 0.15) is 335 Å². The van der Waals surface area contributed by atoms with Gasteiger partial charge in [0.1, 0.15) is 19.8 Å². The second kappa shape index (κ2) is 71.7. The van der Waals surface area contributed by atoms with E-state index in [1.54, 1.807) is 0 Å². The molecule has 2 unspecified atom stereocenters. The fraction of sp³-hybridized carbons (Fsp3) is 0.732. The van der Waals surface area contributed by atoms with E-state index in [1.165, 1.54) is 199 Å². The van der Waals surface area contributed by atoms with Gasteiger partial charge in [-0.1, -0.05) is 341 Å². The molecule has 0 aliphatic rings. The molecule has 0 N–H and O–H groups in total. The Balaban J connectivity index is 3.97. The molecule has 0 saturated carbocycles. The van der Waals surface area contributed by atoms with Crippen LogP contribution in [0.2, 0.25) is 0 Å². The van der Waals surface area contributed by atoms with Crippen LogP contribution in [-0.4, -0.2) is 70.0 Å². The molecule has 0 aromatic rings. The molecule has 2 atom stereocenters. The maximum atomic E-state index is 12.9. The zero-order valence-corrected chi connectivity index (χ0v) is 61.4. The van der Waals surface area contributed by atoms with Gasteiger partial charge in [0.15, 0.2) is 6.10 Å². The van der Waals surface area contributed by atoms with Crippen molar-refractivity contribution in [2.24, 2.45) is 0 Å². The number of esters is 2. The summed E-state index contributed by atoms with van der Waals surface area (Å²) in [7, 11) is 1.17. The van der Waals surface area contributed by atoms with Crippen molar-refractivity contribution in [2.45, 2.75) is 341 Å². The fourth-order valence-corrected chi connectivity index (χ4v) is 11.4. The summed E-state index contributed by atoms with van der Waals surface area (Å²) in [6.45, 7) is 4.05. The molecule has 0 spiro atoms. The number of allylic oxidation sites excluding steroid dienone is 20. The van der Waals surface area contributed by atoms with Crippen molar-refractivity contribution < 1.29 is 42.1 Å². The van der Waals surface area contributed by atoms with Crippen molar-refractivity contribution >= 4 is 19.8 Å². The van der Waals surface area contributed by atoms with Gasteiger partial charge in [0.25, 0.3) is 7.82 Å². The summed E-state index contributed by atoms with van der Waals surface area (Å²) in [5.74, 6) is -0.823. The molecule has 0 amide bonds. The number of phosphoric acid groups is 1. The Labute approximate surface area is 568 Å². The fourth-order valence-electron chi connectivity index (χ4n) is 10.7. The number of carbonyl (C=O) groups is 2. The molecule has 0 saturated heterocycles. The van der Waals surface area contributed by atoms with Crippen LogP contribution in [0, 0.1) is 0 Å². The minimum Gasteiger partial charge on any atom is -0.756 e. The van der Waals surface area contributed by atoms with Crippen LogP contribution < -0.4 is 4.89 Å². The lowest BCUT2D eigenvalue weighted by Gasteiger charge is -2.28. The first-order valence-corrected chi connectivity index (χ1v) is 39.7. The van der Waals surface area contributed by atoms with Crippen LogP contribution in [-0.2, 0) is 32.7 Å². The predicted molar refractivity (Wildman–Crippen MR) is 397 cm³/mol. The monoisotopic (exact) mass is 1300 g/mol. The Morgan fingerprint density at radius 1 is 0.337 bits per heavy atom. The normalized spacial score (nSPS) is 13.8. The lowest BCUT2D eigenvalue weighted by Crippen LogP contribution is -2.37. The average molecular weight is 1300 g/mol. The van der Waals surface area contributed by atoms with Crippen LogP contribution in [0.15, 0.2) is 122 Å². The Kier molecular flexibility index (Phi) is 68.9. The molecular weight excluding hydrogens is 1160 g/mol. The highest BCUT2D eigenvalue weighted by atomic mass is 31.2. The van der Waals surface area contributed by atoms with Crippen molar-refractivity contribution in [3.63, 3.8) is 0 Å². The maximum absolute atomic E-state index is 12.9. The molecule has 10 heteroatoms. The molecule has 92 heavy (non-hydrogen) atoms. The first-order valence-electron chi connectivity index (χ1n) is 38.2. The van der Waals surface area contributed by atoms with Gasteiger partial charge in [0.05, 0.1) is 27.7 Å². The van der Waals surface area contributed by atoms with Gasteiger partial charge in [0.2, 0.25) is 0 Å². The number of likely N-dealkylation sites (N-methyl/N-ethyl adjacent to an activating group) is 1. The summed E-state index contributed by atoms with van der Waals surface area (Å²) >= 11 is 0.